The van der Waals surface area contributed by atoms with E-state index >= 15 is 0 Å². The Hall–Kier alpha value is -1.06. The smallest absolute Gasteiger partial charge is 0.123 e. The van der Waals surface area contributed by atoms with Crippen molar-refractivity contribution in [3.8, 4) is 5.75 Å². The quantitative estimate of drug-likeness (QED) is 0.844. The summed E-state index contributed by atoms with van der Waals surface area (Å²) in [7, 11) is 5.75. The van der Waals surface area contributed by atoms with Crippen LogP contribution in [-0.2, 0) is 0 Å². The summed E-state index contributed by atoms with van der Waals surface area (Å²) < 4.78 is 5.45. The van der Waals surface area contributed by atoms with Crippen LogP contribution in [0.15, 0.2) is 18.2 Å². The average molecular weight is 251 g/mol. The first-order chi connectivity index (χ1) is 8.51. The van der Waals surface area contributed by atoms with E-state index in [1.807, 2.05) is 20.2 Å². The van der Waals surface area contributed by atoms with Gasteiger partial charge in [-0.05, 0) is 38.1 Å². The van der Waals surface area contributed by atoms with Gasteiger partial charge in [0.15, 0.2) is 0 Å². The molecule has 0 fully saturated rings. The second-order valence-corrected chi connectivity index (χ2v) is 5.15. The molecule has 0 heterocycles. The Kier molecular flexibility index (Phi) is 5.63. The number of methoxy groups -OCH3 is 1. The first-order valence-corrected chi connectivity index (χ1v) is 6.46. The molecule has 0 radical (unpaired) electrons. The Morgan fingerprint density at radius 1 is 1.28 bits per heavy atom. The standard InChI is InChI=1S/C15H25NO2/c1-11(2)12-6-7-15(18-5)13(10-12)14(8-9-17)16(3)4/h6-7,10-11,14,17H,8-9H2,1-5H3. The van der Waals surface area contributed by atoms with Crippen molar-refractivity contribution in [2.45, 2.75) is 32.2 Å². The minimum absolute atomic E-state index is 0.178. The van der Waals surface area contributed by atoms with Crippen LogP contribution in [0.1, 0.15) is 43.4 Å². The highest BCUT2D eigenvalue weighted by atomic mass is 16.5. The highest BCUT2D eigenvalue weighted by molar-refractivity contribution is 5.40. The van der Waals surface area contributed by atoms with Crippen molar-refractivity contribution in [1.29, 1.82) is 0 Å². The second kappa shape index (κ2) is 6.76. The first kappa shape index (κ1) is 15.0. The average Bonchev–Trinajstić information content (AvgIpc) is 2.34. The molecule has 1 unspecified atom stereocenters. The molecule has 0 aliphatic heterocycles. The zero-order chi connectivity index (χ0) is 13.7. The minimum atomic E-state index is 0.178. The SMILES string of the molecule is COc1ccc(C(C)C)cc1C(CCO)N(C)C. The maximum Gasteiger partial charge on any atom is 0.123 e. The van der Waals surface area contributed by atoms with Crippen LogP contribution in [0.5, 0.6) is 5.75 Å². The van der Waals surface area contributed by atoms with Gasteiger partial charge in [-0.3, -0.25) is 0 Å². The molecule has 0 aliphatic rings. The molecule has 0 saturated carbocycles. The summed E-state index contributed by atoms with van der Waals surface area (Å²) in [6.45, 7) is 4.54. The lowest BCUT2D eigenvalue weighted by atomic mass is 9.95. The highest BCUT2D eigenvalue weighted by Gasteiger charge is 2.19. The molecule has 18 heavy (non-hydrogen) atoms. The summed E-state index contributed by atoms with van der Waals surface area (Å²) in [5.74, 6) is 1.39. The number of ether oxygens (including phenoxy) is 1. The number of benzene rings is 1. The predicted molar refractivity (Wildman–Crippen MR) is 75.2 cm³/mol. The molecule has 1 N–H and O–H groups in total. The largest absolute Gasteiger partial charge is 0.496 e. The Morgan fingerprint density at radius 2 is 1.94 bits per heavy atom. The van der Waals surface area contributed by atoms with Crippen LogP contribution in [0, 0.1) is 0 Å². The van der Waals surface area contributed by atoms with E-state index in [2.05, 4.69) is 30.9 Å². The predicted octanol–water partition coefficient (Wildman–Crippen LogP) is 2.80. The third-order valence-electron chi connectivity index (χ3n) is 3.31. The maximum atomic E-state index is 9.22. The Labute approximate surface area is 110 Å². The zero-order valence-electron chi connectivity index (χ0n) is 12.1. The van der Waals surface area contributed by atoms with Gasteiger partial charge in [-0.25, -0.2) is 0 Å². The molecule has 0 bridgehead atoms. The molecular formula is C15H25NO2. The summed E-state index contributed by atoms with van der Waals surface area (Å²) in [5, 5.41) is 9.22. The van der Waals surface area contributed by atoms with Crippen molar-refractivity contribution in [3.05, 3.63) is 29.3 Å². The van der Waals surface area contributed by atoms with E-state index < -0.39 is 0 Å². The summed E-state index contributed by atoms with van der Waals surface area (Å²) in [6, 6.07) is 6.52. The Balaban J connectivity index is 3.19. The van der Waals surface area contributed by atoms with Gasteiger partial charge in [-0.1, -0.05) is 26.0 Å². The molecule has 1 atom stereocenters. The van der Waals surface area contributed by atoms with Gasteiger partial charge in [0.1, 0.15) is 5.75 Å². The number of hydrogen-bond acceptors (Lipinski definition) is 3. The van der Waals surface area contributed by atoms with E-state index in [-0.39, 0.29) is 12.6 Å². The number of aliphatic hydroxyl groups is 1. The van der Waals surface area contributed by atoms with Crippen LogP contribution >= 0.6 is 0 Å². The molecule has 1 rings (SSSR count). The van der Waals surface area contributed by atoms with Gasteiger partial charge in [-0.15, -0.1) is 0 Å². The maximum absolute atomic E-state index is 9.22. The minimum Gasteiger partial charge on any atom is -0.496 e. The van der Waals surface area contributed by atoms with E-state index in [9.17, 15) is 5.11 Å². The number of rotatable bonds is 6. The van der Waals surface area contributed by atoms with Gasteiger partial charge >= 0.3 is 0 Å². The molecule has 3 nitrogen and oxygen atoms in total. The van der Waals surface area contributed by atoms with Crippen molar-refractivity contribution in [1.82, 2.24) is 4.90 Å². The van der Waals surface area contributed by atoms with Crippen molar-refractivity contribution < 1.29 is 9.84 Å². The normalized spacial score (nSPS) is 13.1. The van der Waals surface area contributed by atoms with Gasteiger partial charge < -0.3 is 14.7 Å². The number of aliphatic hydroxyl groups excluding tert-OH is 1. The van der Waals surface area contributed by atoms with E-state index in [0.29, 0.717) is 12.3 Å². The summed E-state index contributed by atoms with van der Waals surface area (Å²) in [4.78, 5) is 2.12. The van der Waals surface area contributed by atoms with Crippen molar-refractivity contribution in [2.24, 2.45) is 0 Å². The monoisotopic (exact) mass is 251 g/mol. The van der Waals surface area contributed by atoms with Crippen LogP contribution in [0.3, 0.4) is 0 Å². The molecular weight excluding hydrogens is 226 g/mol. The molecule has 0 aromatic heterocycles. The molecule has 0 amide bonds. The lowest BCUT2D eigenvalue weighted by Crippen LogP contribution is -2.21. The summed E-state index contributed by atoms with van der Waals surface area (Å²) in [6.07, 6.45) is 0.713. The highest BCUT2D eigenvalue weighted by Crippen LogP contribution is 2.33. The van der Waals surface area contributed by atoms with E-state index in [1.54, 1.807) is 7.11 Å². The Morgan fingerprint density at radius 3 is 2.39 bits per heavy atom. The second-order valence-electron chi connectivity index (χ2n) is 5.15. The van der Waals surface area contributed by atoms with Gasteiger partial charge in [-0.2, -0.15) is 0 Å². The number of hydrogen-bond donors (Lipinski definition) is 1. The van der Waals surface area contributed by atoms with Crippen molar-refractivity contribution >= 4 is 0 Å². The molecule has 3 heteroatoms. The fourth-order valence-electron chi connectivity index (χ4n) is 2.19. The van der Waals surface area contributed by atoms with Crippen molar-refractivity contribution in [2.75, 3.05) is 27.8 Å². The topological polar surface area (TPSA) is 32.7 Å². The molecule has 1 aromatic rings. The molecule has 0 aliphatic carbocycles. The molecule has 1 aromatic carbocycles. The fourth-order valence-corrected chi connectivity index (χ4v) is 2.19. The summed E-state index contributed by atoms with van der Waals surface area (Å²) in [5.41, 5.74) is 2.46. The molecule has 102 valence electrons. The third-order valence-corrected chi connectivity index (χ3v) is 3.31. The Bertz CT molecular complexity index is 375. The van der Waals surface area contributed by atoms with E-state index in [1.165, 1.54) is 5.56 Å². The first-order valence-electron chi connectivity index (χ1n) is 6.46. The number of nitrogens with zero attached hydrogens (tertiary/aromatic N) is 1. The molecule has 0 saturated heterocycles. The van der Waals surface area contributed by atoms with E-state index in [0.717, 1.165) is 11.3 Å². The molecule has 0 spiro atoms. The van der Waals surface area contributed by atoms with Gasteiger partial charge in [0.25, 0.3) is 0 Å². The van der Waals surface area contributed by atoms with Gasteiger partial charge in [0, 0.05) is 18.2 Å². The third kappa shape index (κ3) is 3.47. The fraction of sp³-hybridized carbons (Fsp3) is 0.600. The van der Waals surface area contributed by atoms with Gasteiger partial charge in [0.2, 0.25) is 0 Å². The van der Waals surface area contributed by atoms with Crippen LogP contribution in [-0.4, -0.2) is 37.8 Å². The van der Waals surface area contributed by atoms with Crippen LogP contribution in [0.4, 0.5) is 0 Å². The lowest BCUT2D eigenvalue weighted by Gasteiger charge is -2.26. The van der Waals surface area contributed by atoms with Crippen molar-refractivity contribution in [3.63, 3.8) is 0 Å². The van der Waals surface area contributed by atoms with E-state index in [4.69, 9.17) is 4.74 Å². The zero-order valence-corrected chi connectivity index (χ0v) is 12.1. The van der Waals surface area contributed by atoms with Crippen LogP contribution < -0.4 is 4.74 Å². The summed E-state index contributed by atoms with van der Waals surface area (Å²) >= 11 is 0. The van der Waals surface area contributed by atoms with Gasteiger partial charge in [0.05, 0.1) is 7.11 Å². The van der Waals surface area contributed by atoms with Crippen LogP contribution in [0.25, 0.3) is 0 Å². The lowest BCUT2D eigenvalue weighted by molar-refractivity contribution is 0.207. The van der Waals surface area contributed by atoms with Crippen LogP contribution in [0.2, 0.25) is 0 Å².